The van der Waals surface area contributed by atoms with Crippen LogP contribution in [-0.4, -0.2) is 39.1 Å². The van der Waals surface area contributed by atoms with Crippen molar-refractivity contribution in [1.82, 2.24) is 15.2 Å². The van der Waals surface area contributed by atoms with Crippen molar-refractivity contribution in [2.24, 2.45) is 0 Å². The summed E-state index contributed by atoms with van der Waals surface area (Å²) in [5.41, 5.74) is 2.19. The molecule has 1 aliphatic rings. The van der Waals surface area contributed by atoms with Crippen LogP contribution in [0.2, 0.25) is 5.02 Å². The van der Waals surface area contributed by atoms with E-state index in [1.54, 1.807) is 30.3 Å². The third-order valence-electron chi connectivity index (χ3n) is 4.43. The van der Waals surface area contributed by atoms with Gasteiger partial charge in [0.2, 0.25) is 5.13 Å². The molecule has 146 valence electrons. The van der Waals surface area contributed by atoms with Gasteiger partial charge in [0.1, 0.15) is 17.0 Å². The molecule has 0 saturated carbocycles. The van der Waals surface area contributed by atoms with E-state index < -0.39 is 17.7 Å². The molecule has 0 radical (unpaired) electrons. The Balaban J connectivity index is 1.95. The van der Waals surface area contributed by atoms with E-state index in [1.807, 2.05) is 0 Å². The van der Waals surface area contributed by atoms with Gasteiger partial charge in [0.25, 0.3) is 5.78 Å². The third-order valence-corrected chi connectivity index (χ3v) is 5.41. The molecule has 0 aliphatic carbocycles. The van der Waals surface area contributed by atoms with Crippen LogP contribution in [0.15, 0.2) is 53.8 Å². The standard InChI is InChI=1S/C19H13ClN4O4S/c1-28-13-5-4-10(7-12(13)20)15-14(16(25)11-3-2-6-21-8-11)17(26)18(27)24(15)19-23-22-9-29-19/h2-9,15,25H,1H3/b16-14+. The first-order valence-electron chi connectivity index (χ1n) is 8.34. The average molecular weight is 429 g/mol. The maximum Gasteiger partial charge on any atom is 0.301 e. The molecule has 4 rings (SSSR count). The molecule has 1 atom stereocenters. The van der Waals surface area contributed by atoms with Crippen molar-refractivity contribution < 1.29 is 19.4 Å². The number of ether oxygens (including phenoxy) is 1. The lowest BCUT2D eigenvalue weighted by molar-refractivity contribution is -0.132. The number of ketones is 1. The second-order valence-corrected chi connectivity index (χ2v) is 7.24. The SMILES string of the molecule is COc1ccc(C2/C(=C(\O)c3cccnc3)C(=O)C(=O)N2c2nncs2)cc1Cl. The molecular weight excluding hydrogens is 416 g/mol. The number of amides is 1. The highest BCUT2D eigenvalue weighted by Crippen LogP contribution is 2.43. The average Bonchev–Trinajstić information content (AvgIpc) is 3.35. The van der Waals surface area contributed by atoms with Gasteiger partial charge in [-0.3, -0.25) is 19.5 Å². The minimum absolute atomic E-state index is 0.0839. The number of aliphatic hydroxyl groups excluding tert-OH is 1. The van der Waals surface area contributed by atoms with Crippen molar-refractivity contribution in [3.8, 4) is 5.75 Å². The molecule has 2 aromatic heterocycles. The van der Waals surface area contributed by atoms with Crippen molar-refractivity contribution in [1.29, 1.82) is 0 Å². The van der Waals surface area contributed by atoms with E-state index in [2.05, 4.69) is 15.2 Å². The molecule has 0 spiro atoms. The molecule has 0 bridgehead atoms. The zero-order valence-corrected chi connectivity index (χ0v) is 16.5. The van der Waals surface area contributed by atoms with E-state index >= 15 is 0 Å². The summed E-state index contributed by atoms with van der Waals surface area (Å²) in [6.45, 7) is 0. The summed E-state index contributed by atoms with van der Waals surface area (Å²) in [5, 5.41) is 19.1. The predicted octanol–water partition coefficient (Wildman–Crippen LogP) is 3.22. The van der Waals surface area contributed by atoms with E-state index in [4.69, 9.17) is 16.3 Å². The second-order valence-electron chi connectivity index (χ2n) is 6.03. The van der Waals surface area contributed by atoms with Gasteiger partial charge in [-0.1, -0.05) is 29.0 Å². The number of hydrogen-bond donors (Lipinski definition) is 1. The maximum atomic E-state index is 12.9. The van der Waals surface area contributed by atoms with Crippen molar-refractivity contribution >= 4 is 45.5 Å². The van der Waals surface area contributed by atoms with E-state index in [0.29, 0.717) is 21.9 Å². The number of aromatic nitrogens is 3. The fourth-order valence-corrected chi connectivity index (χ4v) is 3.98. The predicted molar refractivity (Wildman–Crippen MR) is 107 cm³/mol. The normalized spacial score (nSPS) is 18.3. The lowest BCUT2D eigenvalue weighted by Gasteiger charge is -2.23. The third kappa shape index (κ3) is 3.24. The zero-order valence-electron chi connectivity index (χ0n) is 14.9. The summed E-state index contributed by atoms with van der Waals surface area (Å²) < 4.78 is 5.18. The number of nitrogens with zero attached hydrogens (tertiary/aromatic N) is 4. The van der Waals surface area contributed by atoms with Gasteiger partial charge in [0.05, 0.1) is 23.7 Å². The Morgan fingerprint density at radius 3 is 2.76 bits per heavy atom. The van der Waals surface area contributed by atoms with Gasteiger partial charge in [-0.05, 0) is 29.8 Å². The summed E-state index contributed by atoms with van der Waals surface area (Å²) in [5.74, 6) is -1.54. The van der Waals surface area contributed by atoms with Gasteiger partial charge in [-0.2, -0.15) is 0 Å². The molecule has 3 heterocycles. The zero-order chi connectivity index (χ0) is 20.5. The van der Waals surface area contributed by atoms with Crippen LogP contribution in [0, 0.1) is 0 Å². The fourth-order valence-electron chi connectivity index (χ4n) is 3.13. The minimum Gasteiger partial charge on any atom is -0.507 e. The first-order chi connectivity index (χ1) is 14.0. The molecule has 1 aromatic carbocycles. The molecule has 3 aromatic rings. The number of pyridine rings is 1. The minimum atomic E-state index is -0.938. The van der Waals surface area contributed by atoms with Crippen LogP contribution in [0.25, 0.3) is 5.76 Å². The van der Waals surface area contributed by atoms with Gasteiger partial charge >= 0.3 is 5.91 Å². The Labute approximate surface area is 174 Å². The molecule has 29 heavy (non-hydrogen) atoms. The van der Waals surface area contributed by atoms with Crippen LogP contribution in [0.3, 0.4) is 0 Å². The number of halogens is 1. The first-order valence-corrected chi connectivity index (χ1v) is 9.59. The van der Waals surface area contributed by atoms with E-state index in [0.717, 1.165) is 11.3 Å². The van der Waals surface area contributed by atoms with Crippen molar-refractivity contribution in [3.63, 3.8) is 0 Å². The summed E-state index contributed by atoms with van der Waals surface area (Å²) in [7, 11) is 1.48. The summed E-state index contributed by atoms with van der Waals surface area (Å²) in [6.07, 6.45) is 2.95. The molecule has 1 unspecified atom stereocenters. The van der Waals surface area contributed by atoms with Crippen LogP contribution >= 0.6 is 22.9 Å². The number of anilines is 1. The highest BCUT2D eigenvalue weighted by molar-refractivity contribution is 7.13. The smallest absolute Gasteiger partial charge is 0.301 e. The molecule has 1 fully saturated rings. The Morgan fingerprint density at radius 1 is 1.31 bits per heavy atom. The number of carbonyl (C=O) groups is 2. The van der Waals surface area contributed by atoms with Crippen LogP contribution in [0.5, 0.6) is 5.75 Å². The number of methoxy groups -OCH3 is 1. The Hall–Kier alpha value is -3.30. The van der Waals surface area contributed by atoms with E-state index in [1.165, 1.54) is 29.9 Å². The quantitative estimate of drug-likeness (QED) is 0.386. The van der Waals surface area contributed by atoms with Crippen molar-refractivity contribution in [3.05, 3.63) is 70.0 Å². The van der Waals surface area contributed by atoms with Gasteiger partial charge in [-0.15, -0.1) is 10.2 Å². The fraction of sp³-hybridized carbons (Fsp3) is 0.105. The highest BCUT2D eigenvalue weighted by Gasteiger charge is 2.48. The number of benzene rings is 1. The second kappa shape index (κ2) is 7.61. The van der Waals surface area contributed by atoms with Crippen molar-refractivity contribution in [2.45, 2.75) is 6.04 Å². The number of rotatable bonds is 4. The molecule has 10 heteroatoms. The number of Topliss-reactive ketones (excluding diaryl/α,β-unsaturated/α-hetero) is 1. The summed E-state index contributed by atoms with van der Waals surface area (Å²) in [6, 6.07) is 7.16. The molecule has 1 aliphatic heterocycles. The molecule has 1 saturated heterocycles. The van der Waals surface area contributed by atoms with Gasteiger partial charge in [0.15, 0.2) is 0 Å². The lowest BCUT2D eigenvalue weighted by atomic mass is 9.96. The van der Waals surface area contributed by atoms with Crippen LogP contribution in [0.4, 0.5) is 5.13 Å². The Bertz CT molecular complexity index is 1120. The molecule has 8 nitrogen and oxygen atoms in total. The van der Waals surface area contributed by atoms with E-state index in [-0.39, 0.29) is 16.5 Å². The van der Waals surface area contributed by atoms with E-state index in [9.17, 15) is 14.7 Å². The first kappa shape index (κ1) is 19.0. The van der Waals surface area contributed by atoms with Crippen LogP contribution in [-0.2, 0) is 9.59 Å². The highest BCUT2D eigenvalue weighted by atomic mass is 35.5. The maximum absolute atomic E-state index is 12.9. The number of hydrogen-bond acceptors (Lipinski definition) is 8. The topological polar surface area (TPSA) is 106 Å². The molecule has 1 N–H and O–H groups in total. The van der Waals surface area contributed by atoms with Gasteiger partial charge in [0, 0.05) is 18.0 Å². The van der Waals surface area contributed by atoms with Gasteiger partial charge in [-0.25, -0.2) is 0 Å². The Morgan fingerprint density at radius 2 is 2.14 bits per heavy atom. The molecular formula is C19H13ClN4O4S. The van der Waals surface area contributed by atoms with Gasteiger partial charge < -0.3 is 9.84 Å². The van der Waals surface area contributed by atoms with Crippen LogP contribution < -0.4 is 9.64 Å². The van der Waals surface area contributed by atoms with Crippen LogP contribution in [0.1, 0.15) is 17.2 Å². The Kier molecular flexibility index (Phi) is 4.99. The monoisotopic (exact) mass is 428 g/mol. The molecule has 1 amide bonds. The lowest BCUT2D eigenvalue weighted by Crippen LogP contribution is -2.29. The largest absolute Gasteiger partial charge is 0.507 e. The number of aliphatic hydroxyl groups is 1. The number of carbonyl (C=O) groups excluding carboxylic acids is 2. The summed E-state index contributed by atoms with van der Waals surface area (Å²) >= 11 is 7.37. The van der Waals surface area contributed by atoms with Crippen molar-refractivity contribution in [2.75, 3.05) is 12.0 Å². The summed E-state index contributed by atoms with van der Waals surface area (Å²) in [4.78, 5) is 30.9.